The number of ether oxygens (including phenoxy) is 2. The Kier molecular flexibility index (Phi) is 7.88. The molecule has 0 bridgehead atoms. The number of halogens is 1. The molecule has 35 heavy (non-hydrogen) atoms. The van der Waals surface area contributed by atoms with Gasteiger partial charge < -0.3 is 14.8 Å². The van der Waals surface area contributed by atoms with Gasteiger partial charge in [-0.1, -0.05) is 43.6 Å². The van der Waals surface area contributed by atoms with Crippen molar-refractivity contribution in [3.05, 3.63) is 64.3 Å². The molecule has 0 saturated carbocycles. The Bertz CT molecular complexity index is 1250. The molecule has 4 rings (SSSR count). The lowest BCUT2D eigenvalue weighted by atomic mass is 9.95. The summed E-state index contributed by atoms with van der Waals surface area (Å²) in [5.74, 6) is -0.413. The number of methoxy groups -OCH3 is 1. The van der Waals surface area contributed by atoms with Crippen molar-refractivity contribution in [2.24, 2.45) is 0 Å². The van der Waals surface area contributed by atoms with Gasteiger partial charge in [-0.15, -0.1) is 0 Å². The number of fused-ring (bicyclic) bond motifs is 2. The lowest BCUT2D eigenvalue weighted by Gasteiger charge is -2.30. The highest BCUT2D eigenvalue weighted by molar-refractivity contribution is 6.32. The van der Waals surface area contributed by atoms with Gasteiger partial charge in [0.2, 0.25) is 0 Å². The van der Waals surface area contributed by atoms with E-state index in [1.54, 1.807) is 18.2 Å². The van der Waals surface area contributed by atoms with Crippen LogP contribution in [0, 0.1) is 0 Å². The molecule has 0 saturated heterocycles. The summed E-state index contributed by atoms with van der Waals surface area (Å²) >= 11 is 6.18. The van der Waals surface area contributed by atoms with E-state index in [0.717, 1.165) is 48.1 Å². The first-order valence-corrected chi connectivity index (χ1v) is 12.3. The van der Waals surface area contributed by atoms with E-state index in [1.807, 2.05) is 31.2 Å². The fraction of sp³-hybridized carbons (Fsp3) is 0.370. The average Bonchev–Trinajstić information content (AvgIpc) is 2.86. The molecular formula is C27H30ClN3O4. The summed E-state index contributed by atoms with van der Waals surface area (Å²) in [7, 11) is 1.52. The molecule has 2 heterocycles. The number of rotatable bonds is 8. The number of para-hydroxylation sites is 1. The van der Waals surface area contributed by atoms with Crippen LogP contribution in [0.1, 0.15) is 48.3 Å². The second-order valence-electron chi connectivity index (χ2n) is 8.60. The molecule has 0 radical (unpaired) electrons. The first-order chi connectivity index (χ1) is 16.9. The van der Waals surface area contributed by atoms with Crippen LogP contribution < -0.4 is 10.1 Å². The van der Waals surface area contributed by atoms with E-state index in [0.29, 0.717) is 35.0 Å². The highest BCUT2D eigenvalue weighted by Gasteiger charge is 2.29. The summed E-state index contributed by atoms with van der Waals surface area (Å²) in [6, 6.07) is 12.5. The van der Waals surface area contributed by atoms with Gasteiger partial charge in [0, 0.05) is 41.8 Å². The van der Waals surface area contributed by atoms with Gasteiger partial charge in [-0.25, -0.2) is 4.79 Å². The Morgan fingerprint density at radius 1 is 1.20 bits per heavy atom. The summed E-state index contributed by atoms with van der Waals surface area (Å²) in [6.07, 6.45) is 1.18. The molecule has 7 nitrogen and oxygen atoms in total. The topological polar surface area (TPSA) is 80.8 Å². The largest absolute Gasteiger partial charge is 0.495 e. The van der Waals surface area contributed by atoms with Crippen LogP contribution in [-0.4, -0.2) is 48.1 Å². The third kappa shape index (κ3) is 5.41. The predicted octanol–water partition coefficient (Wildman–Crippen LogP) is 5.24. The molecular weight excluding hydrogens is 466 g/mol. The Morgan fingerprint density at radius 3 is 2.71 bits per heavy atom. The zero-order valence-electron chi connectivity index (χ0n) is 20.3. The number of amides is 1. The molecule has 1 N–H and O–H groups in total. The third-order valence-electron chi connectivity index (χ3n) is 6.20. The monoisotopic (exact) mass is 495 g/mol. The fourth-order valence-corrected chi connectivity index (χ4v) is 4.72. The minimum atomic E-state index is -0.957. The van der Waals surface area contributed by atoms with Gasteiger partial charge in [-0.3, -0.25) is 14.7 Å². The number of hydrogen-bond acceptors (Lipinski definition) is 6. The van der Waals surface area contributed by atoms with Gasteiger partial charge in [0.1, 0.15) is 5.75 Å². The Balaban J connectivity index is 1.61. The van der Waals surface area contributed by atoms with Gasteiger partial charge in [0.15, 0.2) is 6.10 Å². The van der Waals surface area contributed by atoms with E-state index in [1.165, 1.54) is 7.11 Å². The maximum Gasteiger partial charge on any atom is 0.340 e. The van der Waals surface area contributed by atoms with Crippen molar-refractivity contribution in [2.75, 3.05) is 25.5 Å². The molecule has 0 spiro atoms. The molecule has 3 aromatic rings. The molecule has 1 atom stereocenters. The Morgan fingerprint density at radius 2 is 2.00 bits per heavy atom. The van der Waals surface area contributed by atoms with E-state index in [-0.39, 0.29) is 0 Å². The van der Waals surface area contributed by atoms with Gasteiger partial charge >= 0.3 is 5.97 Å². The van der Waals surface area contributed by atoms with E-state index < -0.39 is 18.0 Å². The number of anilines is 1. The summed E-state index contributed by atoms with van der Waals surface area (Å²) in [5, 5.41) is 3.91. The van der Waals surface area contributed by atoms with E-state index in [2.05, 4.69) is 17.1 Å². The summed E-state index contributed by atoms with van der Waals surface area (Å²) < 4.78 is 11.0. The van der Waals surface area contributed by atoms with Crippen molar-refractivity contribution >= 4 is 40.1 Å². The van der Waals surface area contributed by atoms with E-state index >= 15 is 0 Å². The molecule has 0 aliphatic carbocycles. The summed E-state index contributed by atoms with van der Waals surface area (Å²) in [4.78, 5) is 33.7. The second-order valence-corrected chi connectivity index (χ2v) is 9.00. The van der Waals surface area contributed by atoms with Crippen LogP contribution in [0.4, 0.5) is 5.69 Å². The van der Waals surface area contributed by atoms with E-state index in [4.69, 9.17) is 26.1 Å². The molecule has 184 valence electrons. The molecule has 0 fully saturated rings. The highest BCUT2D eigenvalue weighted by atomic mass is 35.5. The molecule has 1 aliphatic heterocycles. The van der Waals surface area contributed by atoms with Crippen molar-refractivity contribution in [1.29, 1.82) is 0 Å². The van der Waals surface area contributed by atoms with Crippen LogP contribution in [0.2, 0.25) is 5.02 Å². The van der Waals surface area contributed by atoms with Crippen molar-refractivity contribution in [3.8, 4) is 5.75 Å². The SMILES string of the molecule is CCCN1CCc2nc3ccccc3c(C(=O)OC(CC)C(=O)Nc3ccc(OC)c(Cl)c3)c2C1. The third-order valence-corrected chi connectivity index (χ3v) is 6.50. The number of hydrogen-bond donors (Lipinski definition) is 1. The zero-order chi connectivity index (χ0) is 24.9. The van der Waals surface area contributed by atoms with Crippen LogP contribution in [0.5, 0.6) is 5.75 Å². The van der Waals surface area contributed by atoms with Gasteiger partial charge in [0.05, 0.1) is 23.2 Å². The number of carbonyl (C=O) groups is 2. The molecule has 1 aliphatic rings. The number of carbonyl (C=O) groups excluding carboxylic acids is 2. The predicted molar refractivity (Wildman–Crippen MR) is 137 cm³/mol. The van der Waals surface area contributed by atoms with Crippen molar-refractivity contribution < 1.29 is 19.1 Å². The first-order valence-electron chi connectivity index (χ1n) is 11.9. The number of benzene rings is 2. The van der Waals surface area contributed by atoms with Crippen LogP contribution in [0.15, 0.2) is 42.5 Å². The number of pyridine rings is 1. The van der Waals surface area contributed by atoms with Crippen molar-refractivity contribution in [1.82, 2.24) is 9.88 Å². The zero-order valence-corrected chi connectivity index (χ0v) is 21.0. The minimum Gasteiger partial charge on any atom is -0.495 e. The molecule has 1 unspecified atom stereocenters. The number of nitrogens with zero attached hydrogens (tertiary/aromatic N) is 2. The van der Waals surface area contributed by atoms with Gasteiger partial charge in [-0.05, 0) is 43.7 Å². The number of esters is 1. The fourth-order valence-electron chi connectivity index (χ4n) is 4.46. The van der Waals surface area contributed by atoms with Gasteiger partial charge in [0.25, 0.3) is 5.91 Å². The minimum absolute atomic E-state index is 0.328. The van der Waals surface area contributed by atoms with Crippen LogP contribution in [0.25, 0.3) is 10.9 Å². The number of aromatic nitrogens is 1. The lowest BCUT2D eigenvalue weighted by molar-refractivity contribution is -0.124. The normalized spacial score (nSPS) is 14.3. The Hall–Kier alpha value is -3.16. The summed E-state index contributed by atoms with van der Waals surface area (Å²) in [5.41, 5.74) is 3.58. The number of nitrogens with one attached hydrogen (secondary N) is 1. The molecule has 8 heteroatoms. The second kappa shape index (κ2) is 11.1. The van der Waals surface area contributed by atoms with Crippen molar-refractivity contribution in [3.63, 3.8) is 0 Å². The molecule has 1 amide bonds. The first kappa shape index (κ1) is 24.9. The van der Waals surface area contributed by atoms with Crippen LogP contribution >= 0.6 is 11.6 Å². The highest BCUT2D eigenvalue weighted by Crippen LogP contribution is 2.30. The lowest BCUT2D eigenvalue weighted by Crippen LogP contribution is -2.35. The Labute approximate surface area is 210 Å². The maximum absolute atomic E-state index is 13.6. The average molecular weight is 496 g/mol. The maximum atomic E-state index is 13.6. The summed E-state index contributed by atoms with van der Waals surface area (Å²) in [6.45, 7) is 6.44. The van der Waals surface area contributed by atoms with Crippen molar-refractivity contribution in [2.45, 2.75) is 45.8 Å². The smallest absolute Gasteiger partial charge is 0.340 e. The quantitative estimate of drug-likeness (QED) is 0.430. The van der Waals surface area contributed by atoms with Crippen LogP contribution in [-0.2, 0) is 22.5 Å². The standard InChI is InChI=1S/C27H30ClN3O4/c1-4-13-31-14-12-22-19(16-31)25(18-8-6-7-9-21(18)30-22)27(33)35-23(5-2)26(32)29-17-10-11-24(34-3)20(28)15-17/h6-11,15,23H,4-5,12-14,16H2,1-3H3,(H,29,32). The molecule has 1 aromatic heterocycles. The molecule has 2 aromatic carbocycles. The van der Waals surface area contributed by atoms with Gasteiger partial charge in [-0.2, -0.15) is 0 Å². The van der Waals surface area contributed by atoms with E-state index in [9.17, 15) is 9.59 Å². The van der Waals surface area contributed by atoms with Crippen LogP contribution in [0.3, 0.4) is 0 Å².